The van der Waals surface area contributed by atoms with E-state index < -0.39 is 12.0 Å². The molecule has 1 spiro atoms. The summed E-state index contributed by atoms with van der Waals surface area (Å²) in [6.07, 6.45) is 4.38. The molecule has 1 N–H and O–H groups in total. The minimum absolute atomic E-state index is 0.0247. The van der Waals surface area contributed by atoms with Crippen LogP contribution in [0.3, 0.4) is 0 Å². The lowest BCUT2D eigenvalue weighted by molar-refractivity contribution is -0.148. The maximum Gasteiger partial charge on any atom is 0.326 e. The van der Waals surface area contributed by atoms with Crippen molar-refractivity contribution in [2.45, 2.75) is 58.5 Å². The zero-order valence-corrected chi connectivity index (χ0v) is 16.6. The fourth-order valence-corrected chi connectivity index (χ4v) is 4.89. The number of carbonyl (C=O) groups is 2. The minimum Gasteiger partial charge on any atom is -0.480 e. The predicted molar refractivity (Wildman–Crippen MR) is 100 cm³/mol. The topological polar surface area (TPSA) is 78.7 Å². The smallest absolute Gasteiger partial charge is 0.326 e. The van der Waals surface area contributed by atoms with E-state index in [9.17, 15) is 14.7 Å². The number of piperidine rings is 1. The van der Waals surface area contributed by atoms with Crippen molar-refractivity contribution in [1.82, 2.24) is 19.6 Å². The van der Waals surface area contributed by atoms with Gasteiger partial charge in [-0.05, 0) is 64.5 Å². The normalized spacial score (nSPS) is 25.3. The summed E-state index contributed by atoms with van der Waals surface area (Å²) in [5.74, 6) is -0.688. The van der Waals surface area contributed by atoms with Crippen LogP contribution in [0.5, 0.6) is 0 Å². The number of carboxylic acids is 1. The Morgan fingerprint density at radius 2 is 1.89 bits per heavy atom. The van der Waals surface area contributed by atoms with Gasteiger partial charge in [-0.15, -0.1) is 0 Å². The predicted octanol–water partition coefficient (Wildman–Crippen LogP) is 1.71. The van der Waals surface area contributed by atoms with E-state index in [0.717, 1.165) is 51.0 Å². The average Bonchev–Trinajstić information content (AvgIpc) is 3.37. The molecule has 7 heteroatoms. The quantitative estimate of drug-likeness (QED) is 0.868. The van der Waals surface area contributed by atoms with E-state index in [-0.39, 0.29) is 17.2 Å². The molecule has 0 bridgehead atoms. The molecular formula is C20H30N4O3. The van der Waals surface area contributed by atoms with Crippen LogP contribution in [-0.2, 0) is 23.2 Å². The third kappa shape index (κ3) is 3.37. The van der Waals surface area contributed by atoms with Crippen molar-refractivity contribution in [3.63, 3.8) is 0 Å². The van der Waals surface area contributed by atoms with E-state index in [1.165, 1.54) is 11.3 Å². The molecule has 1 amide bonds. The Bertz CT molecular complexity index is 760. The highest BCUT2D eigenvalue weighted by Gasteiger charge is 2.51. The highest BCUT2D eigenvalue weighted by molar-refractivity contribution is 5.87. The first-order valence-electron chi connectivity index (χ1n) is 10.0. The molecule has 0 aromatic carbocycles. The second-order valence-corrected chi connectivity index (χ2v) is 8.85. The van der Waals surface area contributed by atoms with Gasteiger partial charge in [0.25, 0.3) is 0 Å². The molecule has 3 fully saturated rings. The van der Waals surface area contributed by atoms with Crippen LogP contribution in [0, 0.1) is 25.2 Å². The highest BCUT2D eigenvalue weighted by atomic mass is 16.4. The first-order valence-corrected chi connectivity index (χ1v) is 10.0. The van der Waals surface area contributed by atoms with Gasteiger partial charge in [0, 0.05) is 37.3 Å². The van der Waals surface area contributed by atoms with Crippen molar-refractivity contribution in [1.29, 1.82) is 0 Å². The third-order valence-corrected chi connectivity index (χ3v) is 6.96. The van der Waals surface area contributed by atoms with Crippen LogP contribution in [0.4, 0.5) is 0 Å². The van der Waals surface area contributed by atoms with Crippen molar-refractivity contribution < 1.29 is 14.7 Å². The van der Waals surface area contributed by atoms with Crippen molar-refractivity contribution in [2.75, 3.05) is 19.6 Å². The SMILES string of the molecule is Cc1nn(C)c(C)c1CN1CCC2(CC1)C[C@@H](C(=O)O)N(C(=O)C1CC1)C2. The van der Waals surface area contributed by atoms with Crippen LogP contribution in [0.2, 0.25) is 0 Å². The standard InChI is InChI=1S/C20H30N4O3/c1-13-16(14(2)22(3)21-13)11-23-8-6-20(7-9-23)10-17(19(26)27)24(12-20)18(25)15-4-5-15/h15,17H,4-12H2,1-3H3,(H,26,27)/t17-/m0/s1. The number of hydrogen-bond donors (Lipinski definition) is 1. The van der Waals surface area contributed by atoms with Gasteiger partial charge in [-0.3, -0.25) is 14.4 Å². The summed E-state index contributed by atoms with van der Waals surface area (Å²) in [4.78, 5) is 28.5. The van der Waals surface area contributed by atoms with Gasteiger partial charge < -0.3 is 10.0 Å². The lowest BCUT2D eigenvalue weighted by Crippen LogP contribution is -2.43. The summed E-state index contributed by atoms with van der Waals surface area (Å²) in [6.45, 7) is 7.59. The van der Waals surface area contributed by atoms with Gasteiger partial charge in [-0.2, -0.15) is 5.10 Å². The molecule has 1 atom stereocenters. The van der Waals surface area contributed by atoms with Crippen LogP contribution in [0.15, 0.2) is 0 Å². The first-order chi connectivity index (χ1) is 12.8. The number of rotatable bonds is 4. The van der Waals surface area contributed by atoms with Gasteiger partial charge in [0.2, 0.25) is 5.91 Å². The Morgan fingerprint density at radius 3 is 2.41 bits per heavy atom. The molecule has 0 radical (unpaired) electrons. The van der Waals surface area contributed by atoms with Crippen molar-refractivity contribution in [3.05, 3.63) is 17.0 Å². The van der Waals surface area contributed by atoms with Gasteiger partial charge in [-0.25, -0.2) is 4.79 Å². The number of carbonyl (C=O) groups excluding carboxylic acids is 1. The molecule has 1 aromatic rings. The summed E-state index contributed by atoms with van der Waals surface area (Å²) < 4.78 is 1.94. The Hall–Kier alpha value is -1.89. The average molecular weight is 374 g/mol. The summed E-state index contributed by atoms with van der Waals surface area (Å²) >= 11 is 0. The molecule has 1 saturated carbocycles. The van der Waals surface area contributed by atoms with Gasteiger partial charge in [0.15, 0.2) is 0 Å². The van der Waals surface area contributed by atoms with Gasteiger partial charge in [0.05, 0.1) is 5.69 Å². The molecule has 2 saturated heterocycles. The monoisotopic (exact) mass is 374 g/mol. The third-order valence-electron chi connectivity index (χ3n) is 6.96. The zero-order chi connectivity index (χ0) is 19.3. The van der Waals surface area contributed by atoms with Gasteiger partial charge in [0.1, 0.15) is 6.04 Å². The molecule has 2 aliphatic heterocycles. The maximum atomic E-state index is 12.6. The number of aryl methyl sites for hydroxylation is 2. The molecular weight excluding hydrogens is 344 g/mol. The number of likely N-dealkylation sites (tertiary alicyclic amines) is 2. The zero-order valence-electron chi connectivity index (χ0n) is 16.6. The van der Waals surface area contributed by atoms with E-state index in [1.54, 1.807) is 4.90 Å². The van der Waals surface area contributed by atoms with E-state index >= 15 is 0 Å². The summed E-state index contributed by atoms with van der Waals surface area (Å²) in [6, 6.07) is -0.632. The number of amides is 1. The Labute approximate surface area is 160 Å². The molecule has 1 aromatic heterocycles. The van der Waals surface area contributed by atoms with E-state index in [0.29, 0.717) is 13.0 Å². The van der Waals surface area contributed by atoms with Gasteiger partial charge in [-0.1, -0.05) is 0 Å². The van der Waals surface area contributed by atoms with Crippen LogP contribution in [-0.4, -0.2) is 62.2 Å². The number of hydrogen-bond acceptors (Lipinski definition) is 4. The summed E-state index contributed by atoms with van der Waals surface area (Å²) in [7, 11) is 1.98. The maximum absolute atomic E-state index is 12.6. The fourth-order valence-electron chi connectivity index (χ4n) is 4.89. The second kappa shape index (κ2) is 6.62. The fraction of sp³-hybridized carbons (Fsp3) is 0.750. The molecule has 7 nitrogen and oxygen atoms in total. The van der Waals surface area contributed by atoms with E-state index in [4.69, 9.17) is 0 Å². The molecule has 3 heterocycles. The lowest BCUT2D eigenvalue weighted by atomic mass is 9.76. The minimum atomic E-state index is -0.843. The van der Waals surface area contributed by atoms with E-state index in [1.807, 2.05) is 11.7 Å². The number of aliphatic carboxylic acids is 1. The van der Waals surface area contributed by atoms with Crippen molar-refractivity contribution in [3.8, 4) is 0 Å². The lowest BCUT2D eigenvalue weighted by Gasteiger charge is -2.39. The van der Waals surface area contributed by atoms with Crippen LogP contribution in [0.1, 0.15) is 49.1 Å². The molecule has 148 valence electrons. The van der Waals surface area contributed by atoms with Crippen LogP contribution in [0.25, 0.3) is 0 Å². The highest BCUT2D eigenvalue weighted by Crippen LogP contribution is 2.45. The molecule has 27 heavy (non-hydrogen) atoms. The Morgan fingerprint density at radius 1 is 1.22 bits per heavy atom. The first kappa shape index (κ1) is 18.5. The Balaban J connectivity index is 1.42. The van der Waals surface area contributed by atoms with Crippen molar-refractivity contribution in [2.24, 2.45) is 18.4 Å². The Kier molecular flexibility index (Phi) is 4.53. The molecule has 3 aliphatic rings. The molecule has 4 rings (SSSR count). The van der Waals surface area contributed by atoms with Crippen LogP contribution < -0.4 is 0 Å². The second-order valence-electron chi connectivity index (χ2n) is 8.85. The summed E-state index contributed by atoms with van der Waals surface area (Å²) in [5.41, 5.74) is 3.57. The van der Waals surface area contributed by atoms with Crippen molar-refractivity contribution >= 4 is 11.9 Å². The number of carboxylic acid groups (broad SMARTS) is 1. The summed E-state index contributed by atoms with van der Waals surface area (Å²) in [5, 5.41) is 14.2. The molecule has 0 unspecified atom stereocenters. The number of nitrogens with zero attached hydrogens (tertiary/aromatic N) is 4. The largest absolute Gasteiger partial charge is 0.480 e. The van der Waals surface area contributed by atoms with E-state index in [2.05, 4.69) is 23.8 Å². The number of aromatic nitrogens is 2. The van der Waals surface area contributed by atoms with Crippen LogP contribution >= 0.6 is 0 Å². The molecule has 1 aliphatic carbocycles. The van der Waals surface area contributed by atoms with Gasteiger partial charge >= 0.3 is 5.97 Å².